The summed E-state index contributed by atoms with van der Waals surface area (Å²) in [4.78, 5) is 28.0. The van der Waals surface area contributed by atoms with Crippen molar-refractivity contribution in [2.45, 2.75) is 95.7 Å². The van der Waals surface area contributed by atoms with E-state index in [-0.39, 0.29) is 44.2 Å². The van der Waals surface area contributed by atoms with Gasteiger partial charge in [0.2, 0.25) is 5.91 Å². The van der Waals surface area contributed by atoms with Crippen LogP contribution in [0.3, 0.4) is 0 Å². The molecular formula is C40H48F3N3O5. The first kappa shape index (κ1) is 37.0. The lowest BCUT2D eigenvalue weighted by Gasteiger charge is -2.43. The van der Waals surface area contributed by atoms with Crippen LogP contribution in [0.4, 0.5) is 13.2 Å². The van der Waals surface area contributed by atoms with Gasteiger partial charge in [0.1, 0.15) is 6.04 Å². The molecule has 11 heteroatoms. The monoisotopic (exact) mass is 707 g/mol. The highest BCUT2D eigenvalue weighted by molar-refractivity contribution is 5.90. The fraction of sp³-hybridized carbons (Fsp3) is 0.500. The summed E-state index contributed by atoms with van der Waals surface area (Å²) in [6.45, 7) is 5.12. The number of carbonyl (C=O) groups is 2. The van der Waals surface area contributed by atoms with Crippen LogP contribution in [-0.2, 0) is 32.2 Å². The standard InChI is InChI=1S/C40H48F3N3O5/c1-27-35(25-45-21-7-3-2-4-8-22-45)50-38(51-36(27)30-15-13-28(26-47)14-16-30)31-19-17-29(18-20-31)33-11-6-5-10-32(33)24-44-37(48)34-12-9-23-46(34)39(49)40(41,42)43/h5-6,10-11,13-20,27,34-36,38,47H,2-4,7-9,12,21-26H2,1H3,(H,44,48)/t27-,34-,35+,36+,38+/m0/s1. The second kappa shape index (κ2) is 16.7. The van der Waals surface area contributed by atoms with Crippen molar-refractivity contribution in [1.82, 2.24) is 15.1 Å². The Morgan fingerprint density at radius 1 is 0.843 bits per heavy atom. The molecule has 51 heavy (non-hydrogen) atoms. The first-order valence-electron chi connectivity index (χ1n) is 18.2. The van der Waals surface area contributed by atoms with Crippen molar-refractivity contribution in [1.29, 1.82) is 0 Å². The molecule has 3 aromatic rings. The molecular weight excluding hydrogens is 659 g/mol. The minimum absolute atomic E-state index is 0.0192. The van der Waals surface area contributed by atoms with E-state index in [0.29, 0.717) is 11.3 Å². The van der Waals surface area contributed by atoms with E-state index in [1.807, 2.05) is 72.8 Å². The van der Waals surface area contributed by atoms with E-state index in [1.54, 1.807) is 0 Å². The van der Waals surface area contributed by atoms with E-state index >= 15 is 0 Å². The van der Waals surface area contributed by atoms with Gasteiger partial charge in [0.25, 0.3) is 0 Å². The molecule has 3 aliphatic rings. The van der Waals surface area contributed by atoms with Crippen LogP contribution < -0.4 is 5.32 Å². The van der Waals surface area contributed by atoms with Crippen LogP contribution in [-0.4, -0.2) is 71.2 Å². The van der Waals surface area contributed by atoms with Gasteiger partial charge in [0.15, 0.2) is 6.29 Å². The average Bonchev–Trinajstić information content (AvgIpc) is 3.62. The number of nitrogens with one attached hydrogen (secondary N) is 1. The van der Waals surface area contributed by atoms with Crippen molar-refractivity contribution in [3.8, 4) is 11.1 Å². The Balaban J connectivity index is 1.18. The highest BCUT2D eigenvalue weighted by Gasteiger charge is 2.47. The molecule has 0 radical (unpaired) electrons. The summed E-state index contributed by atoms with van der Waals surface area (Å²) in [5, 5.41) is 12.4. The van der Waals surface area contributed by atoms with Gasteiger partial charge in [-0.1, -0.05) is 99.0 Å². The zero-order chi connectivity index (χ0) is 36.0. The molecule has 0 unspecified atom stereocenters. The average molecular weight is 708 g/mol. The van der Waals surface area contributed by atoms with Gasteiger partial charge in [0.05, 0.1) is 18.8 Å². The van der Waals surface area contributed by atoms with E-state index in [0.717, 1.165) is 53.0 Å². The number of aliphatic hydroxyl groups excluding tert-OH is 1. The Morgan fingerprint density at radius 2 is 1.51 bits per heavy atom. The maximum atomic E-state index is 13.1. The SMILES string of the molecule is C[C@H]1[C@@H](CN2CCCCCCC2)O[C@@H](c2ccc(-c3ccccc3CNC(=O)[C@@H]3CCCN3C(=O)C(F)(F)F)cc2)O[C@H]1c1ccc(CO)cc1. The molecule has 2 amide bonds. The largest absolute Gasteiger partial charge is 0.471 e. The summed E-state index contributed by atoms with van der Waals surface area (Å²) in [7, 11) is 0. The first-order valence-corrected chi connectivity index (χ1v) is 18.2. The molecule has 2 N–H and O–H groups in total. The number of amides is 2. The van der Waals surface area contributed by atoms with E-state index in [9.17, 15) is 27.9 Å². The molecule has 3 aromatic carbocycles. The van der Waals surface area contributed by atoms with Crippen molar-refractivity contribution in [2.24, 2.45) is 5.92 Å². The lowest BCUT2D eigenvalue weighted by atomic mass is 9.89. The maximum Gasteiger partial charge on any atom is 0.471 e. The molecule has 8 nitrogen and oxygen atoms in total. The Morgan fingerprint density at radius 3 is 2.20 bits per heavy atom. The zero-order valence-corrected chi connectivity index (χ0v) is 29.1. The van der Waals surface area contributed by atoms with E-state index < -0.39 is 30.3 Å². The Bertz CT molecular complexity index is 1610. The van der Waals surface area contributed by atoms with Gasteiger partial charge in [-0.3, -0.25) is 9.59 Å². The van der Waals surface area contributed by atoms with Crippen LogP contribution in [0, 0.1) is 5.92 Å². The second-order valence-corrected chi connectivity index (χ2v) is 14.0. The fourth-order valence-electron chi connectivity index (χ4n) is 7.60. The maximum absolute atomic E-state index is 13.1. The highest BCUT2D eigenvalue weighted by atomic mass is 19.4. The van der Waals surface area contributed by atoms with E-state index in [2.05, 4.69) is 17.1 Å². The number of nitrogens with zero attached hydrogens (tertiary/aromatic N) is 2. The molecule has 0 bridgehead atoms. The van der Waals surface area contributed by atoms with Crippen LogP contribution in [0.1, 0.15) is 86.5 Å². The van der Waals surface area contributed by atoms with Gasteiger partial charge in [-0.15, -0.1) is 0 Å². The summed E-state index contributed by atoms with van der Waals surface area (Å²) in [5.74, 6) is -2.48. The van der Waals surface area contributed by atoms with Gasteiger partial charge in [-0.2, -0.15) is 13.2 Å². The first-order chi connectivity index (χ1) is 24.6. The predicted molar refractivity (Wildman–Crippen MR) is 187 cm³/mol. The molecule has 0 aromatic heterocycles. The van der Waals surface area contributed by atoms with Crippen molar-refractivity contribution in [2.75, 3.05) is 26.2 Å². The van der Waals surface area contributed by atoms with E-state index in [4.69, 9.17) is 9.47 Å². The number of likely N-dealkylation sites (tertiary alicyclic amines) is 2. The number of carbonyl (C=O) groups excluding carboxylic acids is 2. The molecule has 0 spiro atoms. The summed E-state index contributed by atoms with van der Waals surface area (Å²) >= 11 is 0. The lowest BCUT2D eigenvalue weighted by molar-refractivity contribution is -0.276. The van der Waals surface area contributed by atoms with Gasteiger partial charge in [-0.05, 0) is 66.6 Å². The van der Waals surface area contributed by atoms with Crippen LogP contribution in [0.5, 0.6) is 0 Å². The van der Waals surface area contributed by atoms with Crippen LogP contribution in [0.15, 0.2) is 72.8 Å². The molecule has 274 valence electrons. The molecule has 0 aliphatic carbocycles. The number of aliphatic hydroxyl groups is 1. The van der Waals surface area contributed by atoms with Gasteiger partial charge < -0.3 is 29.7 Å². The lowest BCUT2D eigenvalue weighted by Crippen LogP contribution is -2.50. The number of benzene rings is 3. The number of halogens is 3. The molecule has 3 fully saturated rings. The third kappa shape index (κ3) is 9.00. The summed E-state index contributed by atoms with van der Waals surface area (Å²) < 4.78 is 52.7. The van der Waals surface area contributed by atoms with Crippen molar-refractivity contribution in [3.05, 3.63) is 95.1 Å². The normalized spacial score (nSPS) is 24.9. The Kier molecular flexibility index (Phi) is 12.1. The third-order valence-corrected chi connectivity index (χ3v) is 10.5. The third-order valence-electron chi connectivity index (χ3n) is 10.5. The van der Waals surface area contributed by atoms with Crippen molar-refractivity contribution >= 4 is 11.8 Å². The highest BCUT2D eigenvalue weighted by Crippen LogP contribution is 2.42. The van der Waals surface area contributed by atoms with Crippen molar-refractivity contribution in [3.63, 3.8) is 0 Å². The van der Waals surface area contributed by atoms with Crippen LogP contribution in [0.2, 0.25) is 0 Å². The van der Waals surface area contributed by atoms with Gasteiger partial charge >= 0.3 is 12.1 Å². The summed E-state index contributed by atoms with van der Waals surface area (Å²) in [6.07, 6.45) is 0.842. The number of rotatable bonds is 9. The molecule has 6 rings (SSSR count). The number of ether oxygens (including phenoxy) is 2. The second-order valence-electron chi connectivity index (χ2n) is 14.0. The van der Waals surface area contributed by atoms with Crippen LogP contribution in [0.25, 0.3) is 11.1 Å². The minimum atomic E-state index is -5.02. The number of hydrogen-bond donors (Lipinski definition) is 2. The van der Waals surface area contributed by atoms with Gasteiger partial charge in [0, 0.05) is 31.1 Å². The smallest absolute Gasteiger partial charge is 0.392 e. The number of hydrogen-bond acceptors (Lipinski definition) is 6. The predicted octanol–water partition coefficient (Wildman–Crippen LogP) is 7.07. The Labute approximate surface area is 297 Å². The summed E-state index contributed by atoms with van der Waals surface area (Å²) in [6, 6.07) is 22.3. The van der Waals surface area contributed by atoms with Gasteiger partial charge in [-0.25, -0.2) is 0 Å². The zero-order valence-electron chi connectivity index (χ0n) is 29.1. The summed E-state index contributed by atoms with van der Waals surface area (Å²) in [5.41, 5.74) is 5.33. The molecule has 3 aliphatic heterocycles. The molecule has 3 saturated heterocycles. The topological polar surface area (TPSA) is 91.3 Å². The fourth-order valence-corrected chi connectivity index (χ4v) is 7.60. The quantitative estimate of drug-likeness (QED) is 0.247. The van der Waals surface area contributed by atoms with E-state index in [1.165, 1.54) is 32.1 Å². The number of alkyl halides is 3. The molecule has 3 heterocycles. The minimum Gasteiger partial charge on any atom is -0.392 e. The molecule has 0 saturated carbocycles. The van der Waals surface area contributed by atoms with Crippen molar-refractivity contribution < 1.29 is 37.3 Å². The molecule has 5 atom stereocenters. The Hall–Kier alpha value is -3.77. The van der Waals surface area contributed by atoms with Crippen LogP contribution >= 0.6 is 0 Å².